The molecule has 2 bridgehead atoms. The highest BCUT2D eigenvalue weighted by Gasteiger charge is 2.39. The Morgan fingerprint density at radius 2 is 1.95 bits per heavy atom. The van der Waals surface area contributed by atoms with Crippen LogP contribution in [0.3, 0.4) is 0 Å². The van der Waals surface area contributed by atoms with Gasteiger partial charge in [0.25, 0.3) is 0 Å². The van der Waals surface area contributed by atoms with Crippen molar-refractivity contribution in [3.05, 3.63) is 0 Å². The number of alkyl carbamates (subject to hydrolysis) is 1. The Labute approximate surface area is 129 Å². The van der Waals surface area contributed by atoms with E-state index in [1.54, 1.807) is 0 Å². The Morgan fingerprint density at radius 1 is 1.24 bits per heavy atom. The lowest BCUT2D eigenvalue weighted by Crippen LogP contribution is -2.49. The van der Waals surface area contributed by atoms with Gasteiger partial charge in [-0.05, 0) is 57.8 Å². The Kier molecular flexibility index (Phi) is 5.18. The SMILES string of the molecule is CC(C)C(CNC1CC2CCC1C2)NC(=O)OC(C)(C)C. The zero-order valence-electron chi connectivity index (χ0n) is 14.2. The zero-order valence-corrected chi connectivity index (χ0v) is 14.2. The van der Waals surface area contributed by atoms with Crippen molar-refractivity contribution in [2.45, 2.75) is 78.0 Å². The fourth-order valence-electron chi connectivity index (χ4n) is 3.69. The molecular formula is C17H32N2O2. The predicted molar refractivity (Wildman–Crippen MR) is 85.2 cm³/mol. The Bertz CT molecular complexity index is 362. The van der Waals surface area contributed by atoms with Crippen LogP contribution < -0.4 is 10.6 Å². The van der Waals surface area contributed by atoms with E-state index in [0.717, 1.165) is 18.4 Å². The van der Waals surface area contributed by atoms with E-state index in [9.17, 15) is 4.79 Å². The third-order valence-electron chi connectivity index (χ3n) is 4.84. The maximum absolute atomic E-state index is 11.9. The second-order valence-corrected chi connectivity index (χ2v) is 8.19. The monoisotopic (exact) mass is 296 g/mol. The highest BCUT2D eigenvalue weighted by Crippen LogP contribution is 2.44. The van der Waals surface area contributed by atoms with Crippen LogP contribution >= 0.6 is 0 Å². The van der Waals surface area contributed by atoms with Crippen LogP contribution in [0.25, 0.3) is 0 Å². The largest absolute Gasteiger partial charge is 0.444 e. The smallest absolute Gasteiger partial charge is 0.407 e. The number of nitrogens with one attached hydrogen (secondary N) is 2. The van der Waals surface area contributed by atoms with Gasteiger partial charge in [-0.1, -0.05) is 20.3 Å². The second kappa shape index (κ2) is 6.55. The molecule has 0 aromatic heterocycles. The maximum Gasteiger partial charge on any atom is 0.407 e. The van der Waals surface area contributed by atoms with Gasteiger partial charge in [-0.15, -0.1) is 0 Å². The lowest BCUT2D eigenvalue weighted by Gasteiger charge is -2.29. The molecule has 4 atom stereocenters. The summed E-state index contributed by atoms with van der Waals surface area (Å²) in [5.41, 5.74) is -0.441. The minimum atomic E-state index is -0.441. The first kappa shape index (κ1) is 16.6. The van der Waals surface area contributed by atoms with Crippen molar-refractivity contribution < 1.29 is 9.53 Å². The molecule has 122 valence electrons. The summed E-state index contributed by atoms with van der Waals surface area (Å²) in [6.07, 6.45) is 5.22. The van der Waals surface area contributed by atoms with Crippen LogP contribution in [0.5, 0.6) is 0 Å². The first-order valence-corrected chi connectivity index (χ1v) is 8.47. The van der Waals surface area contributed by atoms with Crippen LogP contribution in [0.15, 0.2) is 0 Å². The summed E-state index contributed by atoms with van der Waals surface area (Å²) in [6, 6.07) is 0.782. The Morgan fingerprint density at radius 3 is 2.43 bits per heavy atom. The molecule has 2 fully saturated rings. The standard InChI is InChI=1S/C17H32N2O2/c1-11(2)15(19-16(20)21-17(3,4)5)10-18-14-9-12-6-7-13(14)8-12/h11-15,18H,6-10H2,1-5H3,(H,19,20). The van der Waals surface area contributed by atoms with E-state index in [4.69, 9.17) is 4.74 Å². The summed E-state index contributed by atoms with van der Waals surface area (Å²) in [5.74, 6) is 2.21. The molecule has 0 aliphatic heterocycles. The van der Waals surface area contributed by atoms with E-state index >= 15 is 0 Å². The average molecular weight is 296 g/mol. The molecule has 2 aliphatic carbocycles. The summed E-state index contributed by atoms with van der Waals surface area (Å²) >= 11 is 0. The van der Waals surface area contributed by atoms with Crippen molar-refractivity contribution in [3.63, 3.8) is 0 Å². The van der Waals surface area contributed by atoms with Gasteiger partial charge in [-0.25, -0.2) is 4.79 Å². The van der Waals surface area contributed by atoms with Crippen molar-refractivity contribution >= 4 is 6.09 Å². The number of amides is 1. The minimum Gasteiger partial charge on any atom is -0.444 e. The first-order chi connectivity index (χ1) is 9.74. The summed E-state index contributed by atoms with van der Waals surface area (Å²) in [5, 5.41) is 6.71. The lowest BCUT2D eigenvalue weighted by atomic mass is 9.94. The van der Waals surface area contributed by atoms with E-state index in [1.807, 2.05) is 20.8 Å². The summed E-state index contributed by atoms with van der Waals surface area (Å²) in [4.78, 5) is 11.9. The van der Waals surface area contributed by atoms with Gasteiger partial charge < -0.3 is 15.4 Å². The van der Waals surface area contributed by atoms with Gasteiger partial charge >= 0.3 is 6.09 Å². The van der Waals surface area contributed by atoms with Gasteiger partial charge in [-0.3, -0.25) is 0 Å². The molecule has 0 aromatic carbocycles. The molecule has 4 nitrogen and oxygen atoms in total. The van der Waals surface area contributed by atoms with Crippen LogP contribution in [0, 0.1) is 17.8 Å². The molecule has 1 amide bonds. The molecule has 21 heavy (non-hydrogen) atoms. The van der Waals surface area contributed by atoms with Gasteiger partial charge in [0.15, 0.2) is 0 Å². The van der Waals surface area contributed by atoms with Gasteiger partial charge in [0, 0.05) is 18.6 Å². The fraction of sp³-hybridized carbons (Fsp3) is 0.941. The second-order valence-electron chi connectivity index (χ2n) is 8.19. The van der Waals surface area contributed by atoms with Gasteiger partial charge in [0.2, 0.25) is 0 Å². The number of fused-ring (bicyclic) bond motifs is 2. The zero-order chi connectivity index (χ0) is 15.6. The molecular weight excluding hydrogens is 264 g/mol. The summed E-state index contributed by atoms with van der Waals surface area (Å²) < 4.78 is 5.36. The van der Waals surface area contributed by atoms with E-state index in [1.165, 1.54) is 25.7 Å². The molecule has 2 aliphatic rings. The molecule has 2 rings (SSSR count). The summed E-state index contributed by atoms with van der Waals surface area (Å²) in [7, 11) is 0. The number of carbonyl (C=O) groups is 1. The molecule has 4 unspecified atom stereocenters. The van der Waals surface area contributed by atoms with Gasteiger partial charge in [0.1, 0.15) is 5.60 Å². The van der Waals surface area contributed by atoms with E-state index in [-0.39, 0.29) is 12.1 Å². The predicted octanol–water partition coefficient (Wildman–Crippen LogP) is 3.31. The minimum absolute atomic E-state index is 0.124. The van der Waals surface area contributed by atoms with Gasteiger partial charge in [0.05, 0.1) is 0 Å². The molecule has 4 heteroatoms. The highest BCUT2D eigenvalue weighted by atomic mass is 16.6. The molecule has 0 saturated heterocycles. The van der Waals surface area contributed by atoms with Crippen molar-refractivity contribution in [1.82, 2.24) is 10.6 Å². The lowest BCUT2D eigenvalue weighted by molar-refractivity contribution is 0.0488. The molecule has 0 aromatic rings. The van der Waals surface area contributed by atoms with E-state index in [2.05, 4.69) is 24.5 Å². The number of hydrogen-bond donors (Lipinski definition) is 2. The number of carbonyl (C=O) groups excluding carboxylic acids is 1. The van der Waals surface area contributed by atoms with Crippen LogP contribution in [0.1, 0.15) is 60.3 Å². The third kappa shape index (κ3) is 4.87. The summed E-state index contributed by atoms with van der Waals surface area (Å²) in [6.45, 7) is 10.8. The molecule has 0 radical (unpaired) electrons. The maximum atomic E-state index is 11.9. The van der Waals surface area contributed by atoms with Crippen molar-refractivity contribution in [2.75, 3.05) is 6.54 Å². The Balaban J connectivity index is 1.78. The van der Waals surface area contributed by atoms with Crippen LogP contribution in [0.4, 0.5) is 4.79 Å². The molecule has 0 heterocycles. The van der Waals surface area contributed by atoms with Crippen LogP contribution in [-0.2, 0) is 4.74 Å². The van der Waals surface area contributed by atoms with E-state index in [0.29, 0.717) is 12.0 Å². The molecule has 0 spiro atoms. The first-order valence-electron chi connectivity index (χ1n) is 8.47. The number of hydrogen-bond acceptors (Lipinski definition) is 3. The molecule has 2 N–H and O–H groups in total. The van der Waals surface area contributed by atoms with Crippen molar-refractivity contribution in [1.29, 1.82) is 0 Å². The Hall–Kier alpha value is -0.770. The van der Waals surface area contributed by atoms with Crippen LogP contribution in [0.2, 0.25) is 0 Å². The van der Waals surface area contributed by atoms with Crippen LogP contribution in [-0.4, -0.2) is 30.3 Å². The fourth-order valence-corrected chi connectivity index (χ4v) is 3.69. The topological polar surface area (TPSA) is 50.4 Å². The quantitative estimate of drug-likeness (QED) is 0.818. The van der Waals surface area contributed by atoms with Crippen molar-refractivity contribution in [3.8, 4) is 0 Å². The average Bonchev–Trinajstić information content (AvgIpc) is 2.93. The van der Waals surface area contributed by atoms with Crippen molar-refractivity contribution in [2.24, 2.45) is 17.8 Å². The number of rotatable bonds is 5. The van der Waals surface area contributed by atoms with Gasteiger partial charge in [-0.2, -0.15) is 0 Å². The third-order valence-corrected chi connectivity index (χ3v) is 4.84. The number of ether oxygens (including phenoxy) is 1. The molecule has 2 saturated carbocycles. The normalized spacial score (nSPS) is 29.7. The highest BCUT2D eigenvalue weighted by molar-refractivity contribution is 5.68. The van der Waals surface area contributed by atoms with E-state index < -0.39 is 5.60 Å².